The van der Waals surface area contributed by atoms with E-state index >= 15 is 0 Å². The molecular formula is C13H16N4O. The minimum absolute atomic E-state index is 0.159. The van der Waals surface area contributed by atoms with Crippen LogP contribution in [0.15, 0.2) is 47.5 Å². The molecule has 0 amide bonds. The Morgan fingerprint density at radius 2 is 2.06 bits per heavy atom. The Bertz CT molecular complexity index is 538. The first kappa shape index (κ1) is 12.3. The van der Waals surface area contributed by atoms with Gasteiger partial charge < -0.3 is 15.6 Å². The van der Waals surface area contributed by atoms with Crippen molar-refractivity contribution in [3.8, 4) is 0 Å². The van der Waals surface area contributed by atoms with Gasteiger partial charge in [0, 0.05) is 18.3 Å². The van der Waals surface area contributed by atoms with Crippen LogP contribution in [-0.2, 0) is 0 Å². The molecule has 0 aliphatic rings. The number of aromatic amines is 1. The fourth-order valence-electron chi connectivity index (χ4n) is 1.74. The summed E-state index contributed by atoms with van der Waals surface area (Å²) < 4.78 is 0. The number of H-pyrrole nitrogens is 1. The van der Waals surface area contributed by atoms with Crippen LogP contribution in [0.2, 0.25) is 0 Å². The van der Waals surface area contributed by atoms with Crippen molar-refractivity contribution in [1.82, 2.24) is 9.97 Å². The fourth-order valence-corrected chi connectivity index (χ4v) is 1.74. The van der Waals surface area contributed by atoms with E-state index in [1.807, 2.05) is 35.2 Å². The Balaban J connectivity index is 2.33. The van der Waals surface area contributed by atoms with Crippen LogP contribution < -0.4 is 16.2 Å². The first-order chi connectivity index (χ1) is 8.81. The van der Waals surface area contributed by atoms with Crippen LogP contribution in [0.1, 0.15) is 6.42 Å². The summed E-state index contributed by atoms with van der Waals surface area (Å²) in [4.78, 5) is 20.1. The standard InChI is InChI=1S/C13H16N4O/c14-7-4-8-17(11-5-2-1-3-6-11)12-9-13(18)16-10-15-12/h1-3,5-6,9-10H,4,7-8,14H2,(H,15,16,18). The van der Waals surface area contributed by atoms with Gasteiger partial charge in [0.1, 0.15) is 5.82 Å². The Morgan fingerprint density at radius 3 is 2.72 bits per heavy atom. The number of anilines is 2. The average molecular weight is 244 g/mol. The van der Waals surface area contributed by atoms with Gasteiger partial charge in [0.15, 0.2) is 0 Å². The first-order valence-corrected chi connectivity index (χ1v) is 5.88. The maximum Gasteiger partial charge on any atom is 0.252 e. The number of hydrogen-bond donors (Lipinski definition) is 2. The van der Waals surface area contributed by atoms with Crippen molar-refractivity contribution in [3.05, 3.63) is 53.1 Å². The van der Waals surface area contributed by atoms with Gasteiger partial charge in [0.2, 0.25) is 0 Å². The van der Waals surface area contributed by atoms with Gasteiger partial charge in [-0.15, -0.1) is 0 Å². The van der Waals surface area contributed by atoms with Gasteiger partial charge in [-0.25, -0.2) is 4.98 Å². The quantitative estimate of drug-likeness (QED) is 0.830. The Morgan fingerprint density at radius 1 is 1.28 bits per heavy atom. The lowest BCUT2D eigenvalue weighted by Gasteiger charge is -2.23. The van der Waals surface area contributed by atoms with Gasteiger partial charge in [-0.3, -0.25) is 4.79 Å². The molecule has 1 heterocycles. The molecule has 0 unspecified atom stereocenters. The lowest BCUT2D eigenvalue weighted by atomic mass is 10.2. The number of aromatic nitrogens is 2. The van der Waals surface area contributed by atoms with Gasteiger partial charge in [0.05, 0.1) is 6.33 Å². The van der Waals surface area contributed by atoms with Crippen molar-refractivity contribution < 1.29 is 0 Å². The molecule has 1 aromatic heterocycles. The Kier molecular flexibility index (Phi) is 4.09. The van der Waals surface area contributed by atoms with Crippen molar-refractivity contribution in [2.45, 2.75) is 6.42 Å². The van der Waals surface area contributed by atoms with E-state index in [-0.39, 0.29) is 5.56 Å². The minimum atomic E-state index is -0.159. The van der Waals surface area contributed by atoms with E-state index in [1.54, 1.807) is 0 Å². The third kappa shape index (κ3) is 2.95. The summed E-state index contributed by atoms with van der Waals surface area (Å²) in [7, 11) is 0. The van der Waals surface area contributed by atoms with Crippen LogP contribution in [0.5, 0.6) is 0 Å². The van der Waals surface area contributed by atoms with Gasteiger partial charge in [-0.1, -0.05) is 18.2 Å². The second-order valence-electron chi connectivity index (χ2n) is 3.90. The van der Waals surface area contributed by atoms with Crippen LogP contribution in [0.4, 0.5) is 11.5 Å². The zero-order valence-corrected chi connectivity index (χ0v) is 10.0. The summed E-state index contributed by atoms with van der Waals surface area (Å²) >= 11 is 0. The fraction of sp³-hybridized carbons (Fsp3) is 0.231. The second kappa shape index (κ2) is 5.97. The van der Waals surface area contributed by atoms with Crippen molar-refractivity contribution in [2.75, 3.05) is 18.0 Å². The van der Waals surface area contributed by atoms with E-state index in [1.165, 1.54) is 12.4 Å². The van der Waals surface area contributed by atoms with Crippen LogP contribution >= 0.6 is 0 Å². The average Bonchev–Trinajstić information content (AvgIpc) is 2.40. The minimum Gasteiger partial charge on any atom is -0.330 e. The van der Waals surface area contributed by atoms with Gasteiger partial charge >= 0.3 is 0 Å². The normalized spacial score (nSPS) is 10.3. The van der Waals surface area contributed by atoms with Crippen molar-refractivity contribution >= 4 is 11.5 Å². The van der Waals surface area contributed by atoms with E-state index in [2.05, 4.69) is 9.97 Å². The third-order valence-corrected chi connectivity index (χ3v) is 2.59. The van der Waals surface area contributed by atoms with Crippen LogP contribution in [0, 0.1) is 0 Å². The molecule has 18 heavy (non-hydrogen) atoms. The maximum absolute atomic E-state index is 11.4. The molecule has 0 spiro atoms. The van der Waals surface area contributed by atoms with Crippen molar-refractivity contribution in [2.24, 2.45) is 5.73 Å². The zero-order valence-electron chi connectivity index (χ0n) is 10.0. The molecule has 0 saturated heterocycles. The molecule has 0 bridgehead atoms. The summed E-state index contributed by atoms with van der Waals surface area (Å²) in [5.74, 6) is 0.637. The largest absolute Gasteiger partial charge is 0.330 e. The Hall–Kier alpha value is -2.14. The molecule has 2 aromatic rings. The number of nitrogens with two attached hydrogens (primary N) is 1. The van der Waals surface area contributed by atoms with Crippen molar-refractivity contribution in [1.29, 1.82) is 0 Å². The van der Waals surface area contributed by atoms with Gasteiger partial charge in [-0.2, -0.15) is 0 Å². The van der Waals surface area contributed by atoms with Crippen molar-refractivity contribution in [3.63, 3.8) is 0 Å². The van der Waals surface area contributed by atoms with Crippen LogP contribution in [0.3, 0.4) is 0 Å². The molecule has 0 radical (unpaired) electrons. The van der Waals surface area contributed by atoms with E-state index < -0.39 is 0 Å². The van der Waals surface area contributed by atoms with Gasteiger partial charge in [-0.05, 0) is 25.1 Å². The molecular weight excluding hydrogens is 228 g/mol. The lowest BCUT2D eigenvalue weighted by molar-refractivity contribution is 0.807. The topological polar surface area (TPSA) is 75.0 Å². The summed E-state index contributed by atoms with van der Waals surface area (Å²) in [6.07, 6.45) is 2.25. The van der Waals surface area contributed by atoms with E-state index in [0.29, 0.717) is 12.4 Å². The molecule has 2 rings (SSSR count). The highest BCUT2D eigenvalue weighted by atomic mass is 16.1. The molecule has 5 nitrogen and oxygen atoms in total. The predicted octanol–water partition coefficient (Wildman–Crippen LogP) is 1.26. The number of rotatable bonds is 5. The highest BCUT2D eigenvalue weighted by Crippen LogP contribution is 2.21. The first-order valence-electron chi connectivity index (χ1n) is 5.88. The Labute approximate surface area is 105 Å². The third-order valence-electron chi connectivity index (χ3n) is 2.59. The van der Waals surface area contributed by atoms with E-state index in [9.17, 15) is 4.79 Å². The number of para-hydroxylation sites is 1. The van der Waals surface area contributed by atoms with E-state index in [4.69, 9.17) is 5.73 Å². The summed E-state index contributed by atoms with van der Waals surface area (Å²) in [5, 5.41) is 0. The smallest absolute Gasteiger partial charge is 0.252 e. The highest BCUT2D eigenvalue weighted by Gasteiger charge is 2.09. The number of hydrogen-bond acceptors (Lipinski definition) is 4. The lowest BCUT2D eigenvalue weighted by Crippen LogP contribution is -2.23. The molecule has 1 aromatic carbocycles. The molecule has 0 aliphatic heterocycles. The molecule has 3 N–H and O–H groups in total. The van der Waals surface area contributed by atoms with Crippen LogP contribution in [-0.4, -0.2) is 23.1 Å². The maximum atomic E-state index is 11.4. The molecule has 0 saturated carbocycles. The number of nitrogens with one attached hydrogen (secondary N) is 1. The molecule has 0 fully saturated rings. The summed E-state index contributed by atoms with van der Waals surface area (Å²) in [6, 6.07) is 11.3. The summed E-state index contributed by atoms with van der Waals surface area (Å²) in [5.41, 5.74) is 6.39. The second-order valence-corrected chi connectivity index (χ2v) is 3.90. The van der Waals surface area contributed by atoms with E-state index in [0.717, 1.165) is 18.7 Å². The molecule has 94 valence electrons. The molecule has 0 aliphatic carbocycles. The monoisotopic (exact) mass is 244 g/mol. The van der Waals surface area contributed by atoms with Crippen LogP contribution in [0.25, 0.3) is 0 Å². The summed E-state index contributed by atoms with van der Waals surface area (Å²) in [6.45, 7) is 1.34. The SMILES string of the molecule is NCCCN(c1ccccc1)c1cc(=O)[nH]cn1. The zero-order chi connectivity index (χ0) is 12.8. The predicted molar refractivity (Wildman–Crippen MR) is 72.0 cm³/mol. The molecule has 0 atom stereocenters. The highest BCUT2D eigenvalue weighted by molar-refractivity contribution is 5.59. The van der Waals surface area contributed by atoms with Gasteiger partial charge in [0.25, 0.3) is 5.56 Å². The molecule has 5 heteroatoms. The number of nitrogens with zero attached hydrogens (tertiary/aromatic N) is 2. The number of benzene rings is 1.